The topological polar surface area (TPSA) is 44.1 Å². The number of nitrogens with zero attached hydrogens (tertiary/aromatic N) is 2. The predicted molar refractivity (Wildman–Crippen MR) is 97.1 cm³/mol. The molecule has 0 fully saturated rings. The Morgan fingerprint density at radius 2 is 2.08 bits per heavy atom. The highest BCUT2D eigenvalue weighted by Crippen LogP contribution is 2.30. The van der Waals surface area contributed by atoms with E-state index in [9.17, 15) is 9.18 Å². The molecule has 130 valence electrons. The summed E-state index contributed by atoms with van der Waals surface area (Å²) < 4.78 is 14.1. The molecule has 5 heteroatoms. The summed E-state index contributed by atoms with van der Waals surface area (Å²) in [7, 11) is 0. The number of hydrogen-bond donors (Lipinski definition) is 0. The fourth-order valence-corrected chi connectivity index (χ4v) is 4.43. The highest BCUT2D eigenvalue weighted by molar-refractivity contribution is 7.14. The third kappa shape index (κ3) is 3.91. The summed E-state index contributed by atoms with van der Waals surface area (Å²) in [5.41, 5.74) is 2.04. The molecule has 0 bridgehead atoms. The van der Waals surface area contributed by atoms with Gasteiger partial charge in [0.2, 0.25) is 0 Å². The molecule has 0 saturated carbocycles. The van der Waals surface area contributed by atoms with Gasteiger partial charge in [0, 0.05) is 23.5 Å². The summed E-state index contributed by atoms with van der Waals surface area (Å²) in [6, 6.07) is 8.36. The first-order valence-electron chi connectivity index (χ1n) is 8.71. The van der Waals surface area contributed by atoms with Crippen LogP contribution in [-0.2, 0) is 19.4 Å². The second-order valence-corrected chi connectivity index (χ2v) is 7.49. The van der Waals surface area contributed by atoms with Crippen molar-refractivity contribution in [3.8, 4) is 6.07 Å². The van der Waals surface area contributed by atoms with Crippen LogP contribution in [0.3, 0.4) is 0 Å². The molecule has 0 aliphatic heterocycles. The lowest BCUT2D eigenvalue weighted by molar-refractivity contribution is 0.0756. The van der Waals surface area contributed by atoms with E-state index < -0.39 is 5.82 Å². The predicted octanol–water partition coefficient (Wildman–Crippen LogP) is 4.69. The number of rotatable bonds is 4. The van der Waals surface area contributed by atoms with Crippen LogP contribution in [0.4, 0.5) is 4.39 Å². The fourth-order valence-electron chi connectivity index (χ4n) is 3.21. The molecule has 3 rings (SSSR count). The molecule has 0 radical (unpaired) electrons. The Hall–Kier alpha value is -2.19. The smallest absolute Gasteiger partial charge is 0.264 e. The van der Waals surface area contributed by atoms with Gasteiger partial charge in [0.05, 0.1) is 16.5 Å². The quantitative estimate of drug-likeness (QED) is 0.746. The van der Waals surface area contributed by atoms with Gasteiger partial charge in [0.15, 0.2) is 0 Å². The van der Waals surface area contributed by atoms with Crippen molar-refractivity contribution >= 4 is 17.2 Å². The van der Waals surface area contributed by atoms with E-state index in [1.807, 2.05) is 19.1 Å². The zero-order chi connectivity index (χ0) is 17.8. The van der Waals surface area contributed by atoms with Crippen LogP contribution in [0.15, 0.2) is 24.3 Å². The molecule has 1 heterocycles. The van der Waals surface area contributed by atoms with Crippen LogP contribution in [0.1, 0.15) is 57.4 Å². The molecular formula is C20H21FN2OS. The Morgan fingerprint density at radius 3 is 2.80 bits per heavy atom. The summed E-state index contributed by atoms with van der Waals surface area (Å²) in [6.07, 6.45) is 5.74. The molecule has 1 aromatic heterocycles. The van der Waals surface area contributed by atoms with Gasteiger partial charge in [-0.2, -0.15) is 5.26 Å². The summed E-state index contributed by atoms with van der Waals surface area (Å²) >= 11 is 1.59. The third-order valence-corrected chi connectivity index (χ3v) is 5.89. The molecule has 0 N–H and O–H groups in total. The number of benzene rings is 1. The van der Waals surface area contributed by atoms with Crippen molar-refractivity contribution in [1.82, 2.24) is 4.90 Å². The number of fused-ring (bicyclic) bond motifs is 1. The normalized spacial score (nSPS) is 13.6. The average Bonchev–Trinajstić information content (AvgIpc) is 2.90. The Balaban J connectivity index is 1.79. The lowest BCUT2D eigenvalue weighted by atomic mass is 10.1. The SMILES string of the molecule is CCN(Cc1ccc(C#N)cc1F)C(=O)c1cc2c(s1)CCCCC2. The first-order valence-corrected chi connectivity index (χ1v) is 9.53. The van der Waals surface area contributed by atoms with Gasteiger partial charge in [-0.25, -0.2) is 4.39 Å². The molecule has 3 nitrogen and oxygen atoms in total. The Bertz CT molecular complexity index is 798. The van der Waals surface area contributed by atoms with Crippen molar-refractivity contribution < 1.29 is 9.18 Å². The lowest BCUT2D eigenvalue weighted by Gasteiger charge is -2.20. The van der Waals surface area contributed by atoms with E-state index in [0.29, 0.717) is 12.1 Å². The van der Waals surface area contributed by atoms with Crippen LogP contribution < -0.4 is 0 Å². The minimum atomic E-state index is -0.438. The molecule has 1 amide bonds. The molecule has 1 aromatic carbocycles. The van der Waals surface area contributed by atoms with E-state index in [2.05, 4.69) is 0 Å². The second-order valence-electron chi connectivity index (χ2n) is 6.36. The van der Waals surface area contributed by atoms with Gasteiger partial charge < -0.3 is 4.90 Å². The van der Waals surface area contributed by atoms with Gasteiger partial charge in [-0.1, -0.05) is 12.5 Å². The van der Waals surface area contributed by atoms with Crippen LogP contribution in [0.5, 0.6) is 0 Å². The Morgan fingerprint density at radius 1 is 1.28 bits per heavy atom. The zero-order valence-corrected chi connectivity index (χ0v) is 15.2. The number of hydrogen-bond acceptors (Lipinski definition) is 3. The van der Waals surface area contributed by atoms with Crippen LogP contribution in [-0.4, -0.2) is 17.4 Å². The number of carbonyl (C=O) groups is 1. The van der Waals surface area contributed by atoms with E-state index >= 15 is 0 Å². The van der Waals surface area contributed by atoms with Gasteiger partial charge in [0.25, 0.3) is 5.91 Å². The number of carbonyl (C=O) groups excluding carboxylic acids is 1. The van der Waals surface area contributed by atoms with Crippen molar-refractivity contribution in [1.29, 1.82) is 5.26 Å². The van der Waals surface area contributed by atoms with Gasteiger partial charge in [0.1, 0.15) is 5.82 Å². The number of aryl methyl sites for hydroxylation is 2. The Labute approximate surface area is 151 Å². The maximum absolute atomic E-state index is 14.1. The maximum Gasteiger partial charge on any atom is 0.264 e. The first kappa shape index (κ1) is 17.6. The number of nitriles is 1. The summed E-state index contributed by atoms with van der Waals surface area (Å²) in [5.74, 6) is -0.475. The first-order chi connectivity index (χ1) is 12.1. The number of halogens is 1. The lowest BCUT2D eigenvalue weighted by Crippen LogP contribution is -2.30. The van der Waals surface area contributed by atoms with Crippen molar-refractivity contribution in [3.05, 3.63) is 56.5 Å². The average molecular weight is 356 g/mol. The van der Waals surface area contributed by atoms with E-state index in [0.717, 1.165) is 17.7 Å². The van der Waals surface area contributed by atoms with Crippen molar-refractivity contribution in [2.75, 3.05) is 6.54 Å². The van der Waals surface area contributed by atoms with E-state index in [1.54, 1.807) is 28.4 Å². The molecule has 25 heavy (non-hydrogen) atoms. The van der Waals surface area contributed by atoms with Crippen molar-refractivity contribution in [2.45, 2.75) is 45.6 Å². The van der Waals surface area contributed by atoms with Gasteiger partial charge >= 0.3 is 0 Å². The van der Waals surface area contributed by atoms with Crippen molar-refractivity contribution in [3.63, 3.8) is 0 Å². The molecule has 1 aliphatic rings. The summed E-state index contributed by atoms with van der Waals surface area (Å²) in [6.45, 7) is 2.63. The monoisotopic (exact) mass is 356 g/mol. The molecule has 0 atom stereocenters. The van der Waals surface area contributed by atoms with Gasteiger partial charge in [-0.15, -0.1) is 11.3 Å². The fraction of sp³-hybridized carbons (Fsp3) is 0.400. The molecule has 0 spiro atoms. The second kappa shape index (κ2) is 7.79. The van der Waals surface area contributed by atoms with Crippen LogP contribution in [0, 0.1) is 17.1 Å². The van der Waals surface area contributed by atoms with Crippen LogP contribution in [0.25, 0.3) is 0 Å². The Kier molecular flexibility index (Phi) is 5.50. The third-order valence-electron chi connectivity index (χ3n) is 4.67. The van der Waals surface area contributed by atoms with Crippen LogP contribution in [0.2, 0.25) is 0 Å². The molecule has 0 saturated heterocycles. The zero-order valence-electron chi connectivity index (χ0n) is 14.3. The minimum absolute atomic E-state index is 0.0377. The molecule has 0 unspecified atom stereocenters. The maximum atomic E-state index is 14.1. The van der Waals surface area contributed by atoms with Gasteiger partial charge in [-0.3, -0.25) is 4.79 Å². The molecule has 2 aromatic rings. The number of amides is 1. The molecular weight excluding hydrogens is 335 g/mol. The van der Waals surface area contributed by atoms with Crippen molar-refractivity contribution in [2.24, 2.45) is 0 Å². The minimum Gasteiger partial charge on any atom is -0.334 e. The number of thiophene rings is 1. The summed E-state index contributed by atoms with van der Waals surface area (Å²) in [4.78, 5) is 16.6. The standard InChI is InChI=1S/C20H21FN2OS/c1-2-23(13-16-9-8-14(12-22)10-17(16)21)20(24)19-11-15-6-4-3-5-7-18(15)25-19/h8-11H,2-7,13H2,1H3. The highest BCUT2D eigenvalue weighted by Gasteiger charge is 2.21. The highest BCUT2D eigenvalue weighted by atomic mass is 32.1. The summed E-state index contributed by atoms with van der Waals surface area (Å²) in [5, 5.41) is 8.84. The van der Waals surface area contributed by atoms with E-state index in [4.69, 9.17) is 5.26 Å². The molecule has 1 aliphatic carbocycles. The van der Waals surface area contributed by atoms with E-state index in [1.165, 1.54) is 35.8 Å². The van der Waals surface area contributed by atoms with Gasteiger partial charge in [-0.05, 0) is 56.4 Å². The van der Waals surface area contributed by atoms with E-state index in [-0.39, 0.29) is 18.0 Å². The van der Waals surface area contributed by atoms with Crippen LogP contribution >= 0.6 is 11.3 Å². The largest absolute Gasteiger partial charge is 0.334 e.